The van der Waals surface area contributed by atoms with Crippen LogP contribution >= 0.6 is 0 Å². The molecule has 0 saturated carbocycles. The van der Waals surface area contributed by atoms with Crippen LogP contribution in [0, 0.1) is 0 Å². The van der Waals surface area contributed by atoms with Gasteiger partial charge in [-0.05, 0) is 31.0 Å². The molecular formula is C14H20N2O2. The van der Waals surface area contributed by atoms with E-state index >= 15 is 0 Å². The molecule has 1 aliphatic heterocycles. The SMILES string of the molecule is CCCOc1cccc(C(=O)N2CC[C@H](N)C2)c1. The average Bonchev–Trinajstić information content (AvgIpc) is 2.82. The van der Waals surface area contributed by atoms with Crippen LogP contribution in [0.15, 0.2) is 24.3 Å². The van der Waals surface area contributed by atoms with E-state index in [-0.39, 0.29) is 11.9 Å². The zero-order chi connectivity index (χ0) is 13.0. The third kappa shape index (κ3) is 3.01. The molecular weight excluding hydrogens is 228 g/mol. The van der Waals surface area contributed by atoms with E-state index in [1.165, 1.54) is 0 Å². The molecule has 1 aromatic rings. The fourth-order valence-electron chi connectivity index (χ4n) is 2.09. The fourth-order valence-corrected chi connectivity index (χ4v) is 2.09. The molecule has 4 nitrogen and oxygen atoms in total. The van der Waals surface area contributed by atoms with Crippen LogP contribution in [0.3, 0.4) is 0 Å². The van der Waals surface area contributed by atoms with Crippen LogP contribution in [-0.2, 0) is 0 Å². The Morgan fingerprint density at radius 2 is 2.39 bits per heavy atom. The first-order valence-electron chi connectivity index (χ1n) is 6.48. The monoisotopic (exact) mass is 248 g/mol. The Labute approximate surface area is 108 Å². The van der Waals surface area contributed by atoms with Gasteiger partial charge in [0.15, 0.2) is 0 Å². The predicted octanol–water partition coefficient (Wildman–Crippen LogP) is 1.65. The predicted molar refractivity (Wildman–Crippen MR) is 70.7 cm³/mol. The quantitative estimate of drug-likeness (QED) is 0.881. The molecule has 0 radical (unpaired) electrons. The van der Waals surface area contributed by atoms with Crippen molar-refractivity contribution in [2.45, 2.75) is 25.8 Å². The number of hydrogen-bond acceptors (Lipinski definition) is 3. The summed E-state index contributed by atoms with van der Waals surface area (Å²) in [6.07, 6.45) is 1.84. The molecule has 0 aromatic heterocycles. The third-order valence-corrected chi connectivity index (χ3v) is 3.07. The standard InChI is InChI=1S/C14H20N2O2/c1-2-8-18-13-5-3-4-11(9-13)14(17)16-7-6-12(15)10-16/h3-5,9,12H,2,6-8,10,15H2,1H3/t12-/m0/s1. The first-order valence-corrected chi connectivity index (χ1v) is 6.48. The molecule has 1 heterocycles. The molecule has 4 heteroatoms. The van der Waals surface area contributed by atoms with E-state index in [2.05, 4.69) is 6.92 Å². The molecule has 2 rings (SSSR count). The topological polar surface area (TPSA) is 55.6 Å². The lowest BCUT2D eigenvalue weighted by Crippen LogP contribution is -2.31. The van der Waals surface area contributed by atoms with E-state index in [1.807, 2.05) is 29.2 Å². The number of nitrogens with zero attached hydrogens (tertiary/aromatic N) is 1. The molecule has 2 N–H and O–H groups in total. The number of likely N-dealkylation sites (tertiary alicyclic amines) is 1. The van der Waals surface area contributed by atoms with Crippen LogP contribution in [0.2, 0.25) is 0 Å². The van der Waals surface area contributed by atoms with Crippen molar-refractivity contribution in [1.29, 1.82) is 0 Å². The molecule has 0 unspecified atom stereocenters. The summed E-state index contributed by atoms with van der Waals surface area (Å²) in [6, 6.07) is 7.48. The molecule has 1 atom stereocenters. The maximum absolute atomic E-state index is 12.2. The molecule has 1 saturated heterocycles. The van der Waals surface area contributed by atoms with Gasteiger partial charge in [-0.25, -0.2) is 0 Å². The highest BCUT2D eigenvalue weighted by Gasteiger charge is 2.24. The molecule has 0 spiro atoms. The van der Waals surface area contributed by atoms with E-state index in [0.29, 0.717) is 18.7 Å². The van der Waals surface area contributed by atoms with Crippen molar-refractivity contribution in [3.8, 4) is 5.75 Å². The van der Waals surface area contributed by atoms with Gasteiger partial charge in [-0.2, -0.15) is 0 Å². The van der Waals surface area contributed by atoms with Crippen LogP contribution in [-0.4, -0.2) is 36.5 Å². The van der Waals surface area contributed by atoms with Crippen molar-refractivity contribution in [1.82, 2.24) is 4.90 Å². The highest BCUT2D eigenvalue weighted by Crippen LogP contribution is 2.17. The van der Waals surface area contributed by atoms with Gasteiger partial charge in [-0.1, -0.05) is 13.0 Å². The lowest BCUT2D eigenvalue weighted by molar-refractivity contribution is 0.0790. The van der Waals surface area contributed by atoms with E-state index in [9.17, 15) is 4.79 Å². The maximum Gasteiger partial charge on any atom is 0.254 e. The van der Waals surface area contributed by atoms with Gasteiger partial charge in [0.2, 0.25) is 0 Å². The molecule has 18 heavy (non-hydrogen) atoms. The number of amides is 1. The average molecular weight is 248 g/mol. The lowest BCUT2D eigenvalue weighted by Gasteiger charge is -2.16. The van der Waals surface area contributed by atoms with Crippen molar-refractivity contribution in [3.05, 3.63) is 29.8 Å². The van der Waals surface area contributed by atoms with Crippen LogP contribution in [0.1, 0.15) is 30.1 Å². The Morgan fingerprint density at radius 1 is 1.56 bits per heavy atom. The van der Waals surface area contributed by atoms with E-state index in [0.717, 1.165) is 25.1 Å². The molecule has 0 aliphatic carbocycles. The Balaban J connectivity index is 2.05. The second-order valence-electron chi connectivity index (χ2n) is 4.68. The van der Waals surface area contributed by atoms with Crippen molar-refractivity contribution in [2.24, 2.45) is 5.73 Å². The normalized spacial score (nSPS) is 19.0. The van der Waals surface area contributed by atoms with Gasteiger partial charge >= 0.3 is 0 Å². The van der Waals surface area contributed by atoms with Gasteiger partial charge in [-0.3, -0.25) is 4.79 Å². The summed E-state index contributed by atoms with van der Waals surface area (Å²) in [6.45, 7) is 4.13. The Kier molecular flexibility index (Phi) is 4.20. The molecule has 98 valence electrons. The van der Waals surface area contributed by atoms with Gasteiger partial charge in [0.05, 0.1) is 6.61 Å². The Bertz CT molecular complexity index is 420. The second-order valence-corrected chi connectivity index (χ2v) is 4.68. The minimum Gasteiger partial charge on any atom is -0.494 e. The summed E-state index contributed by atoms with van der Waals surface area (Å²) >= 11 is 0. The highest BCUT2D eigenvalue weighted by molar-refractivity contribution is 5.94. The van der Waals surface area contributed by atoms with Crippen molar-refractivity contribution >= 4 is 5.91 Å². The number of carbonyl (C=O) groups is 1. The number of rotatable bonds is 4. The van der Waals surface area contributed by atoms with Gasteiger partial charge in [0, 0.05) is 24.7 Å². The smallest absolute Gasteiger partial charge is 0.254 e. The minimum absolute atomic E-state index is 0.0462. The van der Waals surface area contributed by atoms with Crippen molar-refractivity contribution in [2.75, 3.05) is 19.7 Å². The van der Waals surface area contributed by atoms with Gasteiger partial charge < -0.3 is 15.4 Å². The Hall–Kier alpha value is -1.55. The summed E-state index contributed by atoms with van der Waals surface area (Å²) in [5.74, 6) is 0.802. The van der Waals surface area contributed by atoms with Crippen LogP contribution < -0.4 is 10.5 Å². The molecule has 1 aliphatic rings. The molecule has 0 bridgehead atoms. The first-order chi connectivity index (χ1) is 8.70. The first kappa shape index (κ1) is 12.9. The molecule has 1 fully saturated rings. The van der Waals surface area contributed by atoms with Crippen molar-refractivity contribution in [3.63, 3.8) is 0 Å². The summed E-state index contributed by atoms with van der Waals surface area (Å²) in [7, 11) is 0. The van der Waals surface area contributed by atoms with E-state index in [4.69, 9.17) is 10.5 Å². The Morgan fingerprint density at radius 3 is 3.06 bits per heavy atom. The van der Waals surface area contributed by atoms with Gasteiger partial charge in [0.25, 0.3) is 5.91 Å². The molecule has 1 amide bonds. The number of ether oxygens (including phenoxy) is 1. The summed E-state index contributed by atoms with van der Waals surface area (Å²) in [4.78, 5) is 14.0. The van der Waals surface area contributed by atoms with E-state index < -0.39 is 0 Å². The summed E-state index contributed by atoms with van der Waals surface area (Å²) in [5.41, 5.74) is 6.50. The number of hydrogen-bond donors (Lipinski definition) is 1. The van der Waals surface area contributed by atoms with E-state index in [1.54, 1.807) is 0 Å². The fraction of sp³-hybridized carbons (Fsp3) is 0.500. The highest BCUT2D eigenvalue weighted by atomic mass is 16.5. The third-order valence-electron chi connectivity index (χ3n) is 3.07. The van der Waals surface area contributed by atoms with Crippen LogP contribution in [0.5, 0.6) is 5.75 Å². The van der Waals surface area contributed by atoms with Gasteiger partial charge in [-0.15, -0.1) is 0 Å². The van der Waals surface area contributed by atoms with Crippen molar-refractivity contribution < 1.29 is 9.53 Å². The second kappa shape index (κ2) is 5.87. The zero-order valence-corrected chi connectivity index (χ0v) is 10.8. The zero-order valence-electron chi connectivity index (χ0n) is 10.8. The summed E-state index contributed by atoms with van der Waals surface area (Å²) in [5, 5.41) is 0. The maximum atomic E-state index is 12.2. The lowest BCUT2D eigenvalue weighted by atomic mass is 10.2. The molecule has 1 aromatic carbocycles. The largest absolute Gasteiger partial charge is 0.494 e. The van der Waals surface area contributed by atoms with Crippen LogP contribution in [0.4, 0.5) is 0 Å². The summed E-state index contributed by atoms with van der Waals surface area (Å²) < 4.78 is 5.53. The number of nitrogens with two attached hydrogens (primary N) is 1. The number of benzene rings is 1. The minimum atomic E-state index is 0.0462. The van der Waals surface area contributed by atoms with Gasteiger partial charge in [0.1, 0.15) is 5.75 Å². The van der Waals surface area contributed by atoms with Crippen LogP contribution in [0.25, 0.3) is 0 Å². The number of carbonyl (C=O) groups excluding carboxylic acids is 1.